The molecule has 0 bridgehead atoms. The van der Waals surface area contributed by atoms with Gasteiger partial charge in [-0.2, -0.15) is 0 Å². The van der Waals surface area contributed by atoms with Crippen LogP contribution in [0.1, 0.15) is 33.6 Å². The van der Waals surface area contributed by atoms with Gasteiger partial charge in [-0.15, -0.1) is 0 Å². The lowest BCUT2D eigenvalue weighted by Crippen LogP contribution is -2.41. The highest BCUT2D eigenvalue weighted by Crippen LogP contribution is 2.20. The minimum Gasteiger partial charge on any atom is -0.394 e. The molecule has 4 nitrogen and oxygen atoms in total. The van der Waals surface area contributed by atoms with Crippen molar-refractivity contribution in [2.45, 2.75) is 45.7 Å². The summed E-state index contributed by atoms with van der Waals surface area (Å²) < 4.78 is 17.5. The fraction of sp³-hybridized carbons (Fsp3) is 1.00. The van der Waals surface area contributed by atoms with E-state index < -0.39 is 8.56 Å². The predicted octanol–water partition coefficient (Wildman–Crippen LogP) is 2.88. The van der Waals surface area contributed by atoms with Gasteiger partial charge >= 0.3 is 8.56 Å². The third-order valence-corrected chi connectivity index (χ3v) is 6.92. The zero-order chi connectivity index (χ0) is 14.6. The van der Waals surface area contributed by atoms with Gasteiger partial charge in [0.25, 0.3) is 0 Å². The molecule has 0 aromatic heterocycles. The summed E-state index contributed by atoms with van der Waals surface area (Å²) in [6.07, 6.45) is 2.14. The summed E-state index contributed by atoms with van der Waals surface area (Å²) >= 11 is 0. The molecule has 0 aromatic rings. The van der Waals surface area contributed by atoms with E-state index in [4.69, 9.17) is 13.6 Å². The van der Waals surface area contributed by atoms with Crippen LogP contribution < -0.4 is 0 Å². The molecule has 19 heavy (non-hydrogen) atoms. The molecule has 0 aliphatic rings. The minimum atomic E-state index is -1.94. The third kappa shape index (κ3) is 9.57. The van der Waals surface area contributed by atoms with Crippen molar-refractivity contribution >= 4 is 8.56 Å². The van der Waals surface area contributed by atoms with Crippen LogP contribution >= 0.6 is 0 Å². The molecule has 0 N–H and O–H groups in total. The zero-order valence-corrected chi connectivity index (χ0v) is 14.5. The van der Waals surface area contributed by atoms with Gasteiger partial charge in [-0.25, -0.2) is 0 Å². The second-order valence-corrected chi connectivity index (χ2v) is 8.61. The molecule has 0 heterocycles. The van der Waals surface area contributed by atoms with Gasteiger partial charge in [0.2, 0.25) is 0 Å². The monoisotopic (exact) mass is 291 g/mol. The number of nitrogens with zero attached hydrogens (tertiary/aromatic N) is 1. The summed E-state index contributed by atoms with van der Waals surface area (Å²) in [5, 5.41) is 0. The van der Waals surface area contributed by atoms with E-state index in [1.165, 1.54) is 0 Å². The molecule has 0 spiro atoms. The van der Waals surface area contributed by atoms with Gasteiger partial charge < -0.3 is 18.5 Å². The first kappa shape index (κ1) is 19.1. The lowest BCUT2D eigenvalue weighted by molar-refractivity contribution is 0.121. The van der Waals surface area contributed by atoms with Crippen molar-refractivity contribution in [2.75, 3.05) is 47.1 Å². The third-order valence-electron chi connectivity index (χ3n) is 3.09. The Morgan fingerprint density at radius 3 is 1.95 bits per heavy atom. The summed E-state index contributed by atoms with van der Waals surface area (Å²) in [4.78, 5) is 2.18. The van der Waals surface area contributed by atoms with Gasteiger partial charge in [0.15, 0.2) is 0 Å². The smallest absolute Gasteiger partial charge is 0.337 e. The Morgan fingerprint density at radius 1 is 0.895 bits per heavy atom. The van der Waals surface area contributed by atoms with Crippen LogP contribution in [-0.4, -0.2) is 60.5 Å². The quantitative estimate of drug-likeness (QED) is 0.386. The van der Waals surface area contributed by atoms with Crippen molar-refractivity contribution in [2.24, 2.45) is 0 Å². The van der Waals surface area contributed by atoms with Gasteiger partial charge in [0, 0.05) is 26.4 Å². The van der Waals surface area contributed by atoms with Gasteiger partial charge in [-0.1, -0.05) is 6.92 Å². The molecular weight excluding hydrogens is 258 g/mol. The maximum Gasteiger partial charge on any atom is 0.337 e. The maximum atomic E-state index is 5.93. The molecule has 0 aromatic carbocycles. The van der Waals surface area contributed by atoms with Gasteiger partial charge in [0.1, 0.15) is 0 Å². The van der Waals surface area contributed by atoms with E-state index >= 15 is 0 Å². The van der Waals surface area contributed by atoms with Crippen LogP contribution in [0.2, 0.25) is 12.1 Å². The molecule has 0 saturated carbocycles. The van der Waals surface area contributed by atoms with Crippen LogP contribution in [0.25, 0.3) is 0 Å². The minimum absolute atomic E-state index is 0.754. The first-order valence-corrected chi connectivity index (χ1v) is 9.83. The second-order valence-electron chi connectivity index (χ2n) is 5.00. The van der Waals surface area contributed by atoms with Gasteiger partial charge in [-0.3, -0.25) is 0 Å². The molecule has 116 valence electrons. The van der Waals surface area contributed by atoms with Crippen LogP contribution in [0.3, 0.4) is 0 Å². The van der Waals surface area contributed by atoms with Crippen molar-refractivity contribution in [3.05, 3.63) is 0 Å². The molecule has 0 rings (SSSR count). The normalized spacial score (nSPS) is 12.3. The highest BCUT2D eigenvalue weighted by molar-refractivity contribution is 6.67. The Hall–Kier alpha value is 0.0569. The van der Waals surface area contributed by atoms with Gasteiger partial charge in [0.05, 0.1) is 0 Å². The van der Waals surface area contributed by atoms with Crippen molar-refractivity contribution in [3.63, 3.8) is 0 Å². The van der Waals surface area contributed by atoms with Crippen molar-refractivity contribution in [3.8, 4) is 0 Å². The molecule has 0 fully saturated rings. The van der Waals surface area contributed by atoms with E-state index in [0.717, 1.165) is 57.9 Å². The van der Waals surface area contributed by atoms with Crippen LogP contribution in [0, 0.1) is 0 Å². The first-order valence-electron chi connectivity index (χ1n) is 7.60. The van der Waals surface area contributed by atoms with Crippen molar-refractivity contribution in [1.29, 1.82) is 0 Å². The van der Waals surface area contributed by atoms with E-state index in [2.05, 4.69) is 25.9 Å². The van der Waals surface area contributed by atoms with E-state index in [1.54, 1.807) is 0 Å². The van der Waals surface area contributed by atoms with E-state index in [-0.39, 0.29) is 0 Å². The lowest BCUT2D eigenvalue weighted by atomic mass is 10.4. The number of ether oxygens (including phenoxy) is 1. The highest BCUT2D eigenvalue weighted by atomic mass is 28.4. The zero-order valence-electron chi connectivity index (χ0n) is 13.5. The molecule has 0 atom stereocenters. The van der Waals surface area contributed by atoms with Gasteiger partial charge in [-0.05, 0) is 59.4 Å². The van der Waals surface area contributed by atoms with Crippen molar-refractivity contribution in [1.82, 2.24) is 4.90 Å². The van der Waals surface area contributed by atoms with Crippen LogP contribution in [0.4, 0.5) is 0 Å². The highest BCUT2D eigenvalue weighted by Gasteiger charge is 2.34. The van der Waals surface area contributed by atoms with Crippen LogP contribution in [-0.2, 0) is 13.6 Å². The lowest BCUT2D eigenvalue weighted by Gasteiger charge is -2.28. The summed E-state index contributed by atoms with van der Waals surface area (Å²) in [5.74, 6) is 0. The molecule has 0 unspecified atom stereocenters. The van der Waals surface area contributed by atoms with Crippen molar-refractivity contribution < 1.29 is 13.6 Å². The summed E-state index contributed by atoms with van der Waals surface area (Å²) in [5.41, 5.74) is 0. The molecule has 0 radical (unpaired) electrons. The summed E-state index contributed by atoms with van der Waals surface area (Å²) in [6.45, 7) is 10.5. The van der Waals surface area contributed by atoms with E-state index in [9.17, 15) is 0 Å². The SMILES string of the molecule is CCO[Si](CC)(CCCOCCCN(C)C)OCC. The number of hydrogen-bond donors (Lipinski definition) is 0. The first-order chi connectivity index (χ1) is 9.10. The summed E-state index contributed by atoms with van der Waals surface area (Å²) in [6, 6.07) is 2.06. The maximum absolute atomic E-state index is 5.93. The second kappa shape index (κ2) is 11.8. The van der Waals surface area contributed by atoms with E-state index in [0.29, 0.717) is 0 Å². The largest absolute Gasteiger partial charge is 0.394 e. The summed E-state index contributed by atoms with van der Waals surface area (Å²) in [7, 11) is 2.23. The Kier molecular flexibility index (Phi) is 11.9. The molecule has 0 aliphatic carbocycles. The number of rotatable bonds is 13. The molecule has 5 heteroatoms. The fourth-order valence-electron chi connectivity index (χ4n) is 2.12. The average molecular weight is 292 g/mol. The molecule has 0 saturated heterocycles. The molecule has 0 amide bonds. The molecular formula is C14H33NO3Si. The molecule has 0 aliphatic heterocycles. The Balaban J connectivity index is 3.74. The fourth-order valence-corrected chi connectivity index (χ4v) is 4.99. The Bertz CT molecular complexity index is 197. The van der Waals surface area contributed by atoms with Crippen LogP contribution in [0.5, 0.6) is 0 Å². The standard InChI is InChI=1S/C14H33NO3Si/c1-6-17-19(8-3,18-7-2)14-10-13-16-12-9-11-15(4)5/h6-14H2,1-5H3. The van der Waals surface area contributed by atoms with E-state index in [1.807, 2.05) is 13.8 Å². The predicted molar refractivity (Wildman–Crippen MR) is 82.9 cm³/mol. The topological polar surface area (TPSA) is 30.9 Å². The van der Waals surface area contributed by atoms with Crippen LogP contribution in [0.15, 0.2) is 0 Å². The Morgan fingerprint density at radius 2 is 1.47 bits per heavy atom. The Labute approximate surface area is 120 Å². The average Bonchev–Trinajstić information content (AvgIpc) is 2.37. The number of hydrogen-bond acceptors (Lipinski definition) is 4.